The molecule has 1 saturated carbocycles. The van der Waals surface area contributed by atoms with Gasteiger partial charge in [-0.2, -0.15) is 0 Å². The van der Waals surface area contributed by atoms with Crippen molar-refractivity contribution >= 4 is 15.7 Å². The molecule has 2 rings (SSSR count). The van der Waals surface area contributed by atoms with Crippen LogP contribution >= 0.6 is 0 Å². The fraction of sp³-hybridized carbons (Fsp3) is 0.400. The number of rotatable bonds is 4. The minimum absolute atomic E-state index is 0.0325. The summed E-state index contributed by atoms with van der Waals surface area (Å²) in [6, 6.07) is 4.24. The molecular formula is C10H13FN2O2S. The van der Waals surface area contributed by atoms with Crippen LogP contribution in [0.4, 0.5) is 10.1 Å². The lowest BCUT2D eigenvalue weighted by Gasteiger charge is -2.11. The summed E-state index contributed by atoms with van der Waals surface area (Å²) in [4.78, 5) is 0. The molecule has 0 unspecified atom stereocenters. The average molecular weight is 244 g/mol. The summed E-state index contributed by atoms with van der Waals surface area (Å²) in [6.45, 7) is -0.0325. The summed E-state index contributed by atoms with van der Waals surface area (Å²) in [5.74, 6) is -0.488. The van der Waals surface area contributed by atoms with E-state index in [1.54, 1.807) is 0 Å². The smallest absolute Gasteiger partial charge is 0.235 e. The van der Waals surface area contributed by atoms with Crippen LogP contribution in [0.1, 0.15) is 18.4 Å². The molecule has 88 valence electrons. The van der Waals surface area contributed by atoms with E-state index in [4.69, 9.17) is 5.73 Å². The maximum Gasteiger partial charge on any atom is 0.235 e. The molecule has 1 fully saturated rings. The number of sulfonamides is 1. The minimum atomic E-state index is -3.36. The van der Waals surface area contributed by atoms with Crippen LogP contribution in [0.25, 0.3) is 0 Å². The number of hydrogen-bond donors (Lipinski definition) is 2. The highest BCUT2D eigenvalue weighted by Crippen LogP contribution is 2.30. The molecule has 3 N–H and O–H groups in total. The van der Waals surface area contributed by atoms with Crippen molar-refractivity contribution in [3.05, 3.63) is 29.6 Å². The van der Waals surface area contributed by atoms with Crippen molar-refractivity contribution in [1.29, 1.82) is 0 Å². The van der Waals surface area contributed by atoms with E-state index >= 15 is 0 Å². The van der Waals surface area contributed by atoms with Crippen LogP contribution in [0, 0.1) is 5.82 Å². The summed E-state index contributed by atoms with van der Waals surface area (Å²) in [5.41, 5.74) is 5.83. The molecule has 4 nitrogen and oxygen atoms in total. The molecule has 0 aromatic heterocycles. The van der Waals surface area contributed by atoms with Gasteiger partial charge in [-0.1, -0.05) is 6.07 Å². The monoisotopic (exact) mass is 244 g/mol. The van der Waals surface area contributed by atoms with Gasteiger partial charge < -0.3 is 5.73 Å². The largest absolute Gasteiger partial charge is 0.326 e. The SMILES string of the molecule is NCc1c(F)cccc1NS(=O)(=O)C1CC1. The Labute approximate surface area is 93.7 Å². The Kier molecular flexibility index (Phi) is 2.86. The van der Waals surface area contributed by atoms with Gasteiger partial charge >= 0.3 is 0 Å². The van der Waals surface area contributed by atoms with E-state index in [2.05, 4.69) is 4.72 Å². The van der Waals surface area contributed by atoms with Gasteiger partial charge in [-0.05, 0) is 25.0 Å². The first kappa shape index (κ1) is 11.3. The average Bonchev–Trinajstić information content (AvgIpc) is 3.00. The molecule has 0 heterocycles. The Balaban J connectivity index is 2.30. The summed E-state index contributed by atoms with van der Waals surface area (Å²) in [6.07, 6.45) is 1.34. The Morgan fingerprint density at radius 3 is 2.69 bits per heavy atom. The summed E-state index contributed by atoms with van der Waals surface area (Å²) in [5, 5.41) is -0.332. The zero-order chi connectivity index (χ0) is 11.8. The molecule has 1 aliphatic carbocycles. The Morgan fingerprint density at radius 2 is 2.12 bits per heavy atom. The highest BCUT2D eigenvalue weighted by atomic mass is 32.2. The van der Waals surface area contributed by atoms with Crippen LogP contribution in [-0.2, 0) is 16.6 Å². The number of anilines is 1. The van der Waals surface area contributed by atoms with Crippen LogP contribution in [0.2, 0.25) is 0 Å². The van der Waals surface area contributed by atoms with Crippen LogP contribution in [0.5, 0.6) is 0 Å². The van der Waals surface area contributed by atoms with Gasteiger partial charge in [0.15, 0.2) is 0 Å². The van der Waals surface area contributed by atoms with E-state index in [-0.39, 0.29) is 23.0 Å². The molecule has 1 aliphatic rings. The van der Waals surface area contributed by atoms with Gasteiger partial charge in [0, 0.05) is 12.1 Å². The molecule has 0 radical (unpaired) electrons. The van der Waals surface area contributed by atoms with Crippen molar-refractivity contribution < 1.29 is 12.8 Å². The molecule has 0 bridgehead atoms. The van der Waals surface area contributed by atoms with Crippen LogP contribution in [0.15, 0.2) is 18.2 Å². The van der Waals surface area contributed by atoms with Crippen LogP contribution in [-0.4, -0.2) is 13.7 Å². The number of benzene rings is 1. The van der Waals surface area contributed by atoms with Crippen molar-refractivity contribution in [1.82, 2.24) is 0 Å². The van der Waals surface area contributed by atoms with Crippen molar-refractivity contribution in [2.24, 2.45) is 5.73 Å². The number of halogens is 1. The van der Waals surface area contributed by atoms with Crippen LogP contribution in [0.3, 0.4) is 0 Å². The molecular weight excluding hydrogens is 231 g/mol. The molecule has 1 aromatic rings. The summed E-state index contributed by atoms with van der Waals surface area (Å²) in [7, 11) is -3.36. The van der Waals surface area contributed by atoms with Crippen molar-refractivity contribution in [3.8, 4) is 0 Å². The molecule has 0 atom stereocenters. The molecule has 6 heteroatoms. The lowest BCUT2D eigenvalue weighted by molar-refractivity contribution is 0.599. The summed E-state index contributed by atoms with van der Waals surface area (Å²) >= 11 is 0. The minimum Gasteiger partial charge on any atom is -0.326 e. The number of hydrogen-bond acceptors (Lipinski definition) is 3. The second-order valence-electron chi connectivity index (χ2n) is 3.82. The lowest BCUT2D eigenvalue weighted by atomic mass is 10.2. The third kappa shape index (κ3) is 2.17. The van der Waals surface area contributed by atoms with Crippen LogP contribution < -0.4 is 10.5 Å². The highest BCUT2D eigenvalue weighted by Gasteiger charge is 2.36. The first-order valence-electron chi connectivity index (χ1n) is 5.03. The summed E-state index contributed by atoms with van der Waals surface area (Å²) < 4.78 is 39.1. The molecule has 0 spiro atoms. The van der Waals surface area contributed by atoms with Gasteiger partial charge in [-0.15, -0.1) is 0 Å². The topological polar surface area (TPSA) is 72.2 Å². The Morgan fingerprint density at radius 1 is 1.44 bits per heavy atom. The number of nitrogens with one attached hydrogen (secondary N) is 1. The first-order valence-corrected chi connectivity index (χ1v) is 6.58. The molecule has 0 saturated heterocycles. The first-order chi connectivity index (χ1) is 7.54. The van der Waals surface area contributed by atoms with Crippen molar-refractivity contribution in [2.75, 3.05) is 4.72 Å². The van der Waals surface area contributed by atoms with Gasteiger partial charge in [-0.3, -0.25) is 4.72 Å². The fourth-order valence-electron chi connectivity index (χ4n) is 1.48. The van der Waals surface area contributed by atoms with Crippen molar-refractivity contribution in [3.63, 3.8) is 0 Å². The van der Waals surface area contributed by atoms with E-state index in [1.165, 1.54) is 18.2 Å². The zero-order valence-corrected chi connectivity index (χ0v) is 9.43. The normalized spacial score (nSPS) is 16.1. The standard InChI is InChI=1S/C10H13FN2O2S/c11-9-2-1-3-10(8(9)6-12)13-16(14,15)7-4-5-7/h1-3,7,13H,4-6,12H2. The molecule has 1 aromatic carbocycles. The zero-order valence-electron chi connectivity index (χ0n) is 8.61. The van der Waals surface area contributed by atoms with E-state index in [9.17, 15) is 12.8 Å². The van der Waals surface area contributed by atoms with E-state index in [1.807, 2.05) is 0 Å². The predicted molar refractivity (Wildman–Crippen MR) is 59.9 cm³/mol. The molecule has 0 amide bonds. The van der Waals surface area contributed by atoms with Gasteiger partial charge in [0.25, 0.3) is 0 Å². The van der Waals surface area contributed by atoms with E-state index < -0.39 is 15.8 Å². The maximum absolute atomic E-state index is 13.3. The van der Waals surface area contributed by atoms with E-state index in [0.717, 1.165) is 0 Å². The van der Waals surface area contributed by atoms with Crippen molar-refractivity contribution in [2.45, 2.75) is 24.6 Å². The fourth-order valence-corrected chi connectivity index (χ4v) is 2.90. The van der Waals surface area contributed by atoms with Gasteiger partial charge in [0.05, 0.1) is 10.9 Å². The quantitative estimate of drug-likeness (QED) is 0.835. The number of nitrogens with two attached hydrogens (primary N) is 1. The molecule has 0 aliphatic heterocycles. The third-order valence-electron chi connectivity index (χ3n) is 2.54. The molecule has 16 heavy (non-hydrogen) atoms. The predicted octanol–water partition coefficient (Wildman–Crippen LogP) is 1.19. The third-order valence-corrected chi connectivity index (χ3v) is 4.39. The second-order valence-corrected chi connectivity index (χ2v) is 5.78. The second kappa shape index (κ2) is 4.03. The highest BCUT2D eigenvalue weighted by molar-refractivity contribution is 7.93. The van der Waals surface area contributed by atoms with Gasteiger partial charge in [-0.25, -0.2) is 12.8 Å². The van der Waals surface area contributed by atoms with Gasteiger partial charge in [0.2, 0.25) is 10.0 Å². The van der Waals surface area contributed by atoms with E-state index in [0.29, 0.717) is 12.8 Å². The Hall–Kier alpha value is -1.14. The van der Waals surface area contributed by atoms with Gasteiger partial charge in [0.1, 0.15) is 5.82 Å². The maximum atomic E-state index is 13.3. The lowest BCUT2D eigenvalue weighted by Crippen LogP contribution is -2.19. The Bertz CT molecular complexity index is 498.